The first kappa shape index (κ1) is 14.8. The van der Waals surface area contributed by atoms with Gasteiger partial charge in [0, 0.05) is 33.9 Å². The highest BCUT2D eigenvalue weighted by Crippen LogP contribution is 2.21. The maximum Gasteiger partial charge on any atom is 0.218 e. The van der Waals surface area contributed by atoms with Crippen molar-refractivity contribution in [2.45, 2.75) is 24.4 Å². The van der Waals surface area contributed by atoms with E-state index in [1.807, 2.05) is 0 Å². The van der Waals surface area contributed by atoms with E-state index in [2.05, 4.69) is 5.32 Å². The van der Waals surface area contributed by atoms with Crippen molar-refractivity contribution in [3.8, 4) is 0 Å². The van der Waals surface area contributed by atoms with E-state index in [-0.39, 0.29) is 12.2 Å². The van der Waals surface area contributed by atoms with Gasteiger partial charge in [0.15, 0.2) is 0 Å². The number of hydrogen-bond donors (Lipinski definition) is 1. The third-order valence-electron chi connectivity index (χ3n) is 3.15. The van der Waals surface area contributed by atoms with Crippen LogP contribution in [-0.2, 0) is 19.5 Å². The van der Waals surface area contributed by atoms with Crippen molar-refractivity contribution in [2.75, 3.05) is 40.9 Å². The Bertz CT molecular complexity index is 321. The number of hydrogen-bond acceptors (Lipinski definition) is 5. The van der Waals surface area contributed by atoms with Gasteiger partial charge in [-0.3, -0.25) is 0 Å². The summed E-state index contributed by atoms with van der Waals surface area (Å²) in [5.41, 5.74) is 0. The molecule has 0 aromatic heterocycles. The molecule has 17 heavy (non-hydrogen) atoms. The van der Waals surface area contributed by atoms with Gasteiger partial charge in [-0.05, 0) is 14.0 Å². The summed E-state index contributed by atoms with van der Waals surface area (Å²) in [7, 11) is 1.61. The van der Waals surface area contributed by atoms with Crippen LogP contribution < -0.4 is 5.32 Å². The molecule has 3 atom stereocenters. The molecule has 1 aliphatic rings. The highest BCUT2D eigenvalue weighted by atomic mass is 32.2. The smallest absolute Gasteiger partial charge is 0.218 e. The van der Waals surface area contributed by atoms with E-state index < -0.39 is 15.3 Å². The average molecular weight is 266 g/mol. The fourth-order valence-electron chi connectivity index (χ4n) is 2.02. The van der Waals surface area contributed by atoms with Crippen LogP contribution in [0.4, 0.5) is 0 Å². The van der Waals surface area contributed by atoms with Gasteiger partial charge < -0.3 is 14.8 Å². The van der Waals surface area contributed by atoms with E-state index in [1.54, 1.807) is 28.2 Å². The Morgan fingerprint density at radius 3 is 2.12 bits per heavy atom. The van der Waals surface area contributed by atoms with Crippen molar-refractivity contribution >= 4 is 10.0 Å². The van der Waals surface area contributed by atoms with Crippen molar-refractivity contribution in [2.24, 2.45) is 0 Å². The lowest BCUT2D eigenvalue weighted by molar-refractivity contribution is -0.00461. The summed E-state index contributed by atoms with van der Waals surface area (Å²) in [6.45, 7) is 2.87. The minimum Gasteiger partial charge on any atom is -0.377 e. The first-order valence-electron chi connectivity index (χ1n) is 5.66. The van der Waals surface area contributed by atoms with Crippen LogP contribution in [0.25, 0.3) is 0 Å². The van der Waals surface area contributed by atoms with Gasteiger partial charge in [0.1, 0.15) is 0 Å². The normalized spacial score (nSPS) is 28.5. The molecule has 0 spiro atoms. The largest absolute Gasteiger partial charge is 0.377 e. The fourth-order valence-corrected chi connectivity index (χ4v) is 3.61. The lowest BCUT2D eigenvalue weighted by Gasteiger charge is -2.21. The van der Waals surface area contributed by atoms with Gasteiger partial charge in [0.25, 0.3) is 0 Å². The van der Waals surface area contributed by atoms with E-state index in [9.17, 15) is 8.42 Å². The maximum atomic E-state index is 12.2. The van der Waals surface area contributed by atoms with E-state index >= 15 is 0 Å². The highest BCUT2D eigenvalue weighted by Gasteiger charge is 2.40. The fraction of sp³-hybridized carbons (Fsp3) is 1.00. The van der Waals surface area contributed by atoms with E-state index in [4.69, 9.17) is 9.47 Å². The van der Waals surface area contributed by atoms with Gasteiger partial charge in [-0.15, -0.1) is 0 Å². The van der Waals surface area contributed by atoms with Crippen LogP contribution in [0.15, 0.2) is 0 Å². The number of nitrogens with one attached hydrogen (secondary N) is 1. The number of rotatable bonds is 6. The third-order valence-corrected chi connectivity index (χ3v) is 5.35. The van der Waals surface area contributed by atoms with Crippen LogP contribution in [0, 0.1) is 0 Å². The number of nitrogens with zero attached hydrogens (tertiary/aromatic N) is 1. The second-order valence-corrected chi connectivity index (χ2v) is 6.63. The zero-order chi connectivity index (χ0) is 13.1. The minimum absolute atomic E-state index is 0.184. The molecule has 6 nitrogen and oxygen atoms in total. The average Bonchev–Trinajstić information content (AvgIpc) is 2.72. The molecule has 0 amide bonds. The van der Waals surface area contributed by atoms with Crippen molar-refractivity contribution in [1.29, 1.82) is 0 Å². The summed E-state index contributed by atoms with van der Waals surface area (Å²) in [5.74, 6) is 0. The Morgan fingerprint density at radius 2 is 1.76 bits per heavy atom. The summed E-state index contributed by atoms with van der Waals surface area (Å²) in [5, 5.41) is 2.44. The minimum atomic E-state index is -3.28. The van der Waals surface area contributed by atoms with Crippen molar-refractivity contribution < 1.29 is 17.9 Å². The van der Waals surface area contributed by atoms with Crippen molar-refractivity contribution in [1.82, 2.24) is 9.62 Å². The molecular formula is C10H22N2O4S. The molecule has 1 heterocycles. The zero-order valence-corrected chi connectivity index (χ0v) is 11.7. The van der Waals surface area contributed by atoms with Gasteiger partial charge >= 0.3 is 0 Å². The predicted octanol–water partition coefficient (Wildman–Crippen LogP) is -0.730. The zero-order valence-electron chi connectivity index (χ0n) is 10.8. The molecule has 0 aromatic carbocycles. The lowest BCUT2D eigenvalue weighted by Crippen LogP contribution is -2.40. The SMILES string of the molecule is CNCC(C)S(=O)(=O)N1CC(OC)C(OC)C1. The number of ether oxygens (including phenoxy) is 2. The molecule has 0 radical (unpaired) electrons. The highest BCUT2D eigenvalue weighted by molar-refractivity contribution is 7.89. The van der Waals surface area contributed by atoms with Gasteiger partial charge in [-0.1, -0.05) is 0 Å². The summed E-state index contributed by atoms with van der Waals surface area (Å²) >= 11 is 0. The van der Waals surface area contributed by atoms with Crippen molar-refractivity contribution in [3.05, 3.63) is 0 Å². The second-order valence-electron chi connectivity index (χ2n) is 4.28. The first-order chi connectivity index (χ1) is 7.97. The Labute approximate surface area is 103 Å². The first-order valence-corrected chi connectivity index (χ1v) is 7.16. The van der Waals surface area contributed by atoms with Crippen LogP contribution in [0.5, 0.6) is 0 Å². The molecule has 0 aromatic rings. The van der Waals surface area contributed by atoms with Gasteiger partial charge in [-0.2, -0.15) is 4.31 Å². The molecule has 0 bridgehead atoms. The van der Waals surface area contributed by atoms with Gasteiger partial charge in [0.2, 0.25) is 10.0 Å². The molecule has 3 unspecified atom stereocenters. The Kier molecular flexibility index (Phi) is 5.33. The molecule has 0 aliphatic carbocycles. The number of methoxy groups -OCH3 is 2. The third kappa shape index (κ3) is 3.17. The maximum absolute atomic E-state index is 12.2. The van der Waals surface area contributed by atoms with E-state index in [1.165, 1.54) is 4.31 Å². The van der Waals surface area contributed by atoms with E-state index in [0.717, 1.165) is 0 Å². The number of sulfonamides is 1. The Balaban J connectivity index is 2.75. The van der Waals surface area contributed by atoms with Gasteiger partial charge in [0.05, 0.1) is 17.5 Å². The van der Waals surface area contributed by atoms with Crippen molar-refractivity contribution in [3.63, 3.8) is 0 Å². The summed E-state index contributed by atoms with van der Waals surface area (Å²) in [6, 6.07) is 0. The summed E-state index contributed by atoms with van der Waals surface area (Å²) < 4.78 is 36.4. The van der Waals surface area contributed by atoms with Crippen LogP contribution in [0.3, 0.4) is 0 Å². The molecular weight excluding hydrogens is 244 g/mol. The summed E-state index contributed by atoms with van der Waals surface area (Å²) in [6.07, 6.45) is -0.367. The topological polar surface area (TPSA) is 67.9 Å². The quantitative estimate of drug-likeness (QED) is 0.686. The molecule has 1 aliphatic heterocycles. The molecule has 1 rings (SSSR count). The molecule has 0 saturated carbocycles. The molecule has 7 heteroatoms. The molecule has 1 saturated heterocycles. The van der Waals surface area contributed by atoms with Crippen LogP contribution in [0.2, 0.25) is 0 Å². The Hall–Kier alpha value is -0.210. The van der Waals surface area contributed by atoms with Crippen LogP contribution in [-0.4, -0.2) is 71.1 Å². The molecule has 1 fully saturated rings. The monoisotopic (exact) mass is 266 g/mol. The lowest BCUT2D eigenvalue weighted by atomic mass is 10.3. The van der Waals surface area contributed by atoms with Crippen LogP contribution >= 0.6 is 0 Å². The Morgan fingerprint density at radius 1 is 1.29 bits per heavy atom. The van der Waals surface area contributed by atoms with Crippen LogP contribution in [0.1, 0.15) is 6.92 Å². The standard InChI is InChI=1S/C10H22N2O4S/c1-8(5-11-2)17(13,14)12-6-9(15-3)10(7-12)16-4/h8-11H,5-7H2,1-4H3. The molecule has 1 N–H and O–H groups in total. The summed E-state index contributed by atoms with van der Waals surface area (Å²) in [4.78, 5) is 0. The predicted molar refractivity (Wildman–Crippen MR) is 65.5 cm³/mol. The molecule has 102 valence electrons. The van der Waals surface area contributed by atoms with E-state index in [0.29, 0.717) is 19.6 Å². The van der Waals surface area contributed by atoms with Gasteiger partial charge in [-0.25, -0.2) is 8.42 Å². The second kappa shape index (κ2) is 6.10.